The molecule has 0 spiro atoms. The molecule has 0 bridgehead atoms. The van der Waals surface area contributed by atoms with Crippen LogP contribution in [-0.4, -0.2) is 16.7 Å². The van der Waals surface area contributed by atoms with Crippen LogP contribution in [0, 0.1) is 5.92 Å². The van der Waals surface area contributed by atoms with Gasteiger partial charge in [-0.2, -0.15) is 0 Å². The number of aliphatic hydroxyl groups is 1. The zero-order chi connectivity index (χ0) is 19.6. The van der Waals surface area contributed by atoms with Crippen molar-refractivity contribution in [3.05, 3.63) is 59.1 Å². The Hall–Kier alpha value is -2.37. The first-order valence-electron chi connectivity index (χ1n) is 10.5. The normalized spacial score (nSPS) is 18.7. The molecule has 4 nitrogen and oxygen atoms in total. The van der Waals surface area contributed by atoms with Crippen molar-refractivity contribution in [1.29, 1.82) is 0 Å². The summed E-state index contributed by atoms with van der Waals surface area (Å²) in [6, 6.07) is 16.6. The van der Waals surface area contributed by atoms with Crippen molar-refractivity contribution < 1.29 is 9.84 Å². The molecule has 2 aliphatic carbocycles. The summed E-state index contributed by atoms with van der Waals surface area (Å²) in [4.78, 5) is 5.89. The van der Waals surface area contributed by atoms with Crippen LogP contribution in [0.4, 0.5) is 10.8 Å². The molecule has 2 N–H and O–H groups in total. The molecule has 1 saturated carbocycles. The summed E-state index contributed by atoms with van der Waals surface area (Å²) in [7, 11) is 0. The number of aryl methyl sites for hydroxylation is 1. The Bertz CT molecular complexity index is 982. The maximum atomic E-state index is 10.3. The maximum absolute atomic E-state index is 10.3. The molecule has 3 aromatic rings. The second-order valence-electron chi connectivity index (χ2n) is 8.02. The fraction of sp³-hybridized carbons (Fsp3) is 0.375. The number of benzene rings is 2. The molecule has 5 heteroatoms. The van der Waals surface area contributed by atoms with Gasteiger partial charge in [-0.25, -0.2) is 4.98 Å². The summed E-state index contributed by atoms with van der Waals surface area (Å²) < 4.78 is 6.39. The van der Waals surface area contributed by atoms with Crippen molar-refractivity contribution in [1.82, 2.24) is 4.98 Å². The van der Waals surface area contributed by atoms with E-state index in [1.54, 1.807) is 11.3 Å². The van der Waals surface area contributed by atoms with Gasteiger partial charge in [-0.15, -0.1) is 11.3 Å². The van der Waals surface area contributed by atoms with Crippen molar-refractivity contribution in [3.63, 3.8) is 0 Å². The highest BCUT2D eigenvalue weighted by molar-refractivity contribution is 7.15. The Kier molecular flexibility index (Phi) is 5.25. The molecular formula is C24H26N2O2S. The van der Waals surface area contributed by atoms with Crippen molar-refractivity contribution in [2.45, 2.75) is 44.6 Å². The lowest BCUT2D eigenvalue weighted by atomic mass is 9.86. The molecule has 0 aliphatic heterocycles. The van der Waals surface area contributed by atoms with Gasteiger partial charge in [0, 0.05) is 10.4 Å². The highest BCUT2D eigenvalue weighted by atomic mass is 32.1. The van der Waals surface area contributed by atoms with Crippen molar-refractivity contribution in [3.8, 4) is 16.9 Å². The molecule has 1 fully saturated rings. The predicted octanol–water partition coefficient (Wildman–Crippen LogP) is 6.10. The van der Waals surface area contributed by atoms with Crippen LogP contribution in [0.2, 0.25) is 0 Å². The van der Waals surface area contributed by atoms with E-state index < -0.39 is 6.10 Å². The molecule has 2 aliphatic rings. The van der Waals surface area contributed by atoms with Gasteiger partial charge < -0.3 is 15.2 Å². The van der Waals surface area contributed by atoms with Crippen LogP contribution in [0.3, 0.4) is 0 Å². The Balaban J connectivity index is 1.48. The number of fused-ring (bicyclic) bond motifs is 1. The summed E-state index contributed by atoms with van der Waals surface area (Å²) >= 11 is 1.65. The number of aromatic nitrogens is 1. The minimum absolute atomic E-state index is 0.435. The van der Waals surface area contributed by atoms with Gasteiger partial charge in [-0.05, 0) is 49.7 Å². The highest BCUT2D eigenvalue weighted by Crippen LogP contribution is 2.41. The van der Waals surface area contributed by atoms with E-state index in [1.165, 1.54) is 24.1 Å². The van der Waals surface area contributed by atoms with Gasteiger partial charge in [-0.1, -0.05) is 48.9 Å². The van der Waals surface area contributed by atoms with Gasteiger partial charge in [0.15, 0.2) is 10.9 Å². The topological polar surface area (TPSA) is 54.4 Å². The Morgan fingerprint density at radius 1 is 1.03 bits per heavy atom. The quantitative estimate of drug-likeness (QED) is 0.519. The maximum Gasteiger partial charge on any atom is 0.187 e. The van der Waals surface area contributed by atoms with E-state index in [2.05, 4.69) is 47.8 Å². The van der Waals surface area contributed by atoms with Gasteiger partial charge in [0.25, 0.3) is 0 Å². The Labute approximate surface area is 175 Å². The Morgan fingerprint density at radius 2 is 1.90 bits per heavy atom. The molecule has 0 saturated heterocycles. The predicted molar refractivity (Wildman–Crippen MR) is 118 cm³/mol. The summed E-state index contributed by atoms with van der Waals surface area (Å²) in [5.74, 6) is 1.55. The van der Waals surface area contributed by atoms with Crippen LogP contribution in [0.15, 0.2) is 48.5 Å². The van der Waals surface area contributed by atoms with Crippen molar-refractivity contribution in [2.75, 3.05) is 11.9 Å². The average Bonchev–Trinajstić information content (AvgIpc) is 3.12. The molecule has 5 rings (SSSR count). The van der Waals surface area contributed by atoms with Gasteiger partial charge >= 0.3 is 0 Å². The van der Waals surface area contributed by atoms with E-state index in [0.717, 1.165) is 59.3 Å². The zero-order valence-corrected chi connectivity index (χ0v) is 17.3. The number of hydrogen-bond donors (Lipinski definition) is 2. The standard InChI is InChI=1S/C24H26N2O2S/c27-20-13-6-14-21-22(20)26-24(29-21)25-19-12-5-11-18(17-9-2-1-3-10-17)23(19)28-15-16-7-4-8-16/h1-3,5,9-12,16,20,27H,4,6-8,13-15H2,(H,25,26). The number of anilines is 2. The van der Waals surface area contributed by atoms with Crippen LogP contribution >= 0.6 is 11.3 Å². The number of rotatable bonds is 6. The minimum Gasteiger partial charge on any atom is -0.490 e. The lowest BCUT2D eigenvalue weighted by Gasteiger charge is -2.26. The Morgan fingerprint density at radius 3 is 2.66 bits per heavy atom. The highest BCUT2D eigenvalue weighted by Gasteiger charge is 2.24. The summed E-state index contributed by atoms with van der Waals surface area (Å²) in [5, 5.41) is 14.6. The number of hydrogen-bond acceptors (Lipinski definition) is 5. The molecule has 1 atom stereocenters. The lowest BCUT2D eigenvalue weighted by molar-refractivity contribution is 0.153. The molecule has 2 aromatic carbocycles. The summed E-state index contributed by atoms with van der Waals surface area (Å²) in [6.45, 7) is 0.756. The number of ether oxygens (including phenoxy) is 1. The number of aliphatic hydroxyl groups excluding tert-OH is 1. The van der Waals surface area contributed by atoms with E-state index in [4.69, 9.17) is 9.72 Å². The van der Waals surface area contributed by atoms with E-state index >= 15 is 0 Å². The van der Waals surface area contributed by atoms with E-state index in [1.807, 2.05) is 6.07 Å². The third-order valence-corrected chi connectivity index (χ3v) is 7.00. The van der Waals surface area contributed by atoms with Crippen LogP contribution < -0.4 is 10.1 Å². The van der Waals surface area contributed by atoms with Gasteiger partial charge in [0.1, 0.15) is 0 Å². The molecular weight excluding hydrogens is 380 g/mol. The SMILES string of the molecule is OC1CCCc2sc(Nc3cccc(-c4ccccc4)c3OCC3CCC3)nc21. The molecule has 29 heavy (non-hydrogen) atoms. The smallest absolute Gasteiger partial charge is 0.187 e. The molecule has 0 amide bonds. The second-order valence-corrected chi connectivity index (χ2v) is 9.10. The van der Waals surface area contributed by atoms with Gasteiger partial charge in [0.2, 0.25) is 0 Å². The van der Waals surface area contributed by atoms with E-state index in [-0.39, 0.29) is 0 Å². The zero-order valence-electron chi connectivity index (χ0n) is 16.4. The van der Waals surface area contributed by atoms with Crippen LogP contribution in [-0.2, 0) is 6.42 Å². The van der Waals surface area contributed by atoms with Crippen LogP contribution in [0.25, 0.3) is 11.1 Å². The fourth-order valence-corrected chi connectivity index (χ4v) is 5.13. The lowest BCUT2D eigenvalue weighted by Crippen LogP contribution is -2.19. The number of nitrogens with one attached hydrogen (secondary N) is 1. The second kappa shape index (κ2) is 8.17. The third kappa shape index (κ3) is 3.89. The summed E-state index contributed by atoms with van der Waals surface area (Å²) in [6.07, 6.45) is 6.22. The molecule has 150 valence electrons. The number of nitrogens with zero attached hydrogens (tertiary/aromatic N) is 1. The monoisotopic (exact) mass is 406 g/mol. The van der Waals surface area contributed by atoms with Crippen molar-refractivity contribution >= 4 is 22.2 Å². The fourth-order valence-electron chi connectivity index (χ4n) is 4.06. The first-order chi connectivity index (χ1) is 14.3. The number of para-hydroxylation sites is 1. The first kappa shape index (κ1) is 18.6. The van der Waals surface area contributed by atoms with E-state index in [9.17, 15) is 5.11 Å². The molecule has 1 aromatic heterocycles. The molecule has 0 radical (unpaired) electrons. The first-order valence-corrected chi connectivity index (χ1v) is 11.4. The van der Waals surface area contributed by atoms with Gasteiger partial charge in [0.05, 0.1) is 24.1 Å². The largest absolute Gasteiger partial charge is 0.490 e. The van der Waals surface area contributed by atoms with Crippen molar-refractivity contribution in [2.24, 2.45) is 5.92 Å². The van der Waals surface area contributed by atoms with Gasteiger partial charge in [-0.3, -0.25) is 0 Å². The summed E-state index contributed by atoms with van der Waals surface area (Å²) in [5.41, 5.74) is 4.02. The third-order valence-electron chi connectivity index (χ3n) is 5.95. The molecule has 1 heterocycles. The van der Waals surface area contributed by atoms with Crippen LogP contribution in [0.5, 0.6) is 5.75 Å². The number of thiazole rings is 1. The minimum atomic E-state index is -0.435. The van der Waals surface area contributed by atoms with Crippen LogP contribution in [0.1, 0.15) is 48.8 Å². The average molecular weight is 407 g/mol. The molecule has 1 unspecified atom stereocenters. The van der Waals surface area contributed by atoms with E-state index in [0.29, 0.717) is 5.92 Å².